The number of urea groups is 1. The van der Waals surface area contributed by atoms with Crippen molar-refractivity contribution in [3.63, 3.8) is 0 Å². The zero-order chi connectivity index (χ0) is 20.8. The predicted octanol–water partition coefficient (Wildman–Crippen LogP) is 3.91. The summed E-state index contributed by atoms with van der Waals surface area (Å²) in [6.07, 6.45) is 3.98. The predicted molar refractivity (Wildman–Crippen MR) is 114 cm³/mol. The van der Waals surface area contributed by atoms with Crippen LogP contribution in [0.5, 0.6) is 5.75 Å². The lowest BCUT2D eigenvalue weighted by Crippen LogP contribution is -2.28. The molecule has 1 unspecified atom stereocenters. The largest absolute Gasteiger partial charge is 0.493 e. The number of hydrogen-bond donors (Lipinski definition) is 3. The SMILES string of the molecule is O=C(NCc1ccncc1)Nc1cccc(NC(=O)C2CCOc3ccccc32)c1. The molecule has 0 spiro atoms. The number of amides is 3. The van der Waals surface area contributed by atoms with Crippen LogP contribution in [0.2, 0.25) is 0 Å². The number of nitrogens with zero attached hydrogens (tertiary/aromatic N) is 1. The third kappa shape index (κ3) is 4.75. The van der Waals surface area contributed by atoms with Crippen molar-refractivity contribution in [1.82, 2.24) is 10.3 Å². The number of pyridine rings is 1. The lowest BCUT2D eigenvalue weighted by Gasteiger charge is -2.25. The fraction of sp³-hybridized carbons (Fsp3) is 0.174. The maximum absolute atomic E-state index is 12.9. The van der Waals surface area contributed by atoms with Crippen molar-refractivity contribution in [1.29, 1.82) is 0 Å². The summed E-state index contributed by atoms with van der Waals surface area (Å²) >= 11 is 0. The zero-order valence-electron chi connectivity index (χ0n) is 16.3. The molecule has 0 fully saturated rings. The molecule has 0 saturated heterocycles. The number of fused-ring (bicyclic) bond motifs is 1. The monoisotopic (exact) mass is 402 g/mol. The number of rotatable bonds is 5. The number of nitrogens with one attached hydrogen (secondary N) is 3. The molecule has 4 rings (SSSR count). The van der Waals surface area contributed by atoms with Gasteiger partial charge in [-0.25, -0.2) is 4.79 Å². The molecule has 1 atom stereocenters. The average Bonchev–Trinajstić information content (AvgIpc) is 2.78. The first-order valence-corrected chi connectivity index (χ1v) is 9.75. The molecular weight excluding hydrogens is 380 g/mol. The molecular formula is C23H22N4O3. The van der Waals surface area contributed by atoms with Crippen molar-refractivity contribution in [3.8, 4) is 5.75 Å². The van der Waals surface area contributed by atoms with Gasteiger partial charge in [0.2, 0.25) is 5.91 Å². The number of ether oxygens (including phenoxy) is 1. The van der Waals surface area contributed by atoms with Crippen LogP contribution < -0.4 is 20.7 Å². The van der Waals surface area contributed by atoms with E-state index < -0.39 is 0 Å². The van der Waals surface area contributed by atoms with Gasteiger partial charge in [0, 0.05) is 35.9 Å². The minimum absolute atomic E-state index is 0.0926. The summed E-state index contributed by atoms with van der Waals surface area (Å²) in [5.41, 5.74) is 3.06. The van der Waals surface area contributed by atoms with E-state index in [2.05, 4.69) is 20.9 Å². The third-order valence-electron chi connectivity index (χ3n) is 4.87. The summed E-state index contributed by atoms with van der Waals surface area (Å²) < 4.78 is 5.63. The van der Waals surface area contributed by atoms with E-state index in [1.54, 1.807) is 36.7 Å². The van der Waals surface area contributed by atoms with Crippen LogP contribution >= 0.6 is 0 Å². The molecule has 2 heterocycles. The van der Waals surface area contributed by atoms with Crippen LogP contribution in [0.15, 0.2) is 73.1 Å². The van der Waals surface area contributed by atoms with Crippen LogP contribution in [0.25, 0.3) is 0 Å². The van der Waals surface area contributed by atoms with Gasteiger partial charge in [-0.05, 0) is 48.4 Å². The number of anilines is 2. The molecule has 3 amide bonds. The minimum Gasteiger partial charge on any atom is -0.493 e. The molecule has 0 bridgehead atoms. The van der Waals surface area contributed by atoms with Gasteiger partial charge in [-0.15, -0.1) is 0 Å². The van der Waals surface area contributed by atoms with Gasteiger partial charge in [0.05, 0.1) is 12.5 Å². The fourth-order valence-corrected chi connectivity index (χ4v) is 3.38. The third-order valence-corrected chi connectivity index (χ3v) is 4.87. The van der Waals surface area contributed by atoms with Gasteiger partial charge < -0.3 is 20.7 Å². The average molecular weight is 402 g/mol. The van der Waals surface area contributed by atoms with Crippen LogP contribution in [0, 0.1) is 0 Å². The quantitative estimate of drug-likeness (QED) is 0.603. The number of para-hydroxylation sites is 1. The van der Waals surface area contributed by atoms with Crippen molar-refractivity contribution in [3.05, 3.63) is 84.2 Å². The molecule has 152 valence electrons. The van der Waals surface area contributed by atoms with Gasteiger partial charge >= 0.3 is 6.03 Å². The summed E-state index contributed by atoms with van der Waals surface area (Å²) in [6.45, 7) is 0.905. The van der Waals surface area contributed by atoms with Gasteiger partial charge in [-0.1, -0.05) is 24.3 Å². The van der Waals surface area contributed by atoms with Crippen molar-refractivity contribution < 1.29 is 14.3 Å². The Morgan fingerprint density at radius 1 is 0.967 bits per heavy atom. The normalized spacial score (nSPS) is 14.7. The van der Waals surface area contributed by atoms with Gasteiger partial charge in [-0.3, -0.25) is 9.78 Å². The van der Waals surface area contributed by atoms with E-state index in [0.717, 1.165) is 16.9 Å². The van der Waals surface area contributed by atoms with Crippen molar-refractivity contribution >= 4 is 23.3 Å². The van der Waals surface area contributed by atoms with Crippen LogP contribution in [-0.2, 0) is 11.3 Å². The van der Waals surface area contributed by atoms with E-state index in [4.69, 9.17) is 4.74 Å². The second-order valence-corrected chi connectivity index (χ2v) is 6.96. The van der Waals surface area contributed by atoms with E-state index in [-0.39, 0.29) is 17.9 Å². The Balaban J connectivity index is 1.37. The van der Waals surface area contributed by atoms with Crippen LogP contribution in [0.3, 0.4) is 0 Å². The Morgan fingerprint density at radius 3 is 2.57 bits per heavy atom. The summed E-state index contributed by atoms with van der Waals surface area (Å²) in [7, 11) is 0. The van der Waals surface area contributed by atoms with E-state index >= 15 is 0 Å². The second kappa shape index (κ2) is 9.09. The topological polar surface area (TPSA) is 92.4 Å². The van der Waals surface area contributed by atoms with Crippen molar-refractivity contribution in [2.75, 3.05) is 17.2 Å². The maximum atomic E-state index is 12.9. The lowest BCUT2D eigenvalue weighted by atomic mass is 9.92. The van der Waals surface area contributed by atoms with E-state index in [1.807, 2.05) is 36.4 Å². The highest BCUT2D eigenvalue weighted by Crippen LogP contribution is 2.34. The number of benzene rings is 2. The summed E-state index contributed by atoms with van der Waals surface area (Å²) in [4.78, 5) is 29.0. The molecule has 3 aromatic rings. The molecule has 0 saturated carbocycles. The molecule has 1 aliphatic heterocycles. The molecule has 0 radical (unpaired) electrons. The number of carbonyl (C=O) groups is 2. The van der Waals surface area contributed by atoms with E-state index in [0.29, 0.717) is 30.9 Å². The van der Waals surface area contributed by atoms with Gasteiger partial charge in [0.1, 0.15) is 5.75 Å². The number of aromatic nitrogens is 1. The van der Waals surface area contributed by atoms with Gasteiger partial charge in [0.25, 0.3) is 0 Å². The highest BCUT2D eigenvalue weighted by Gasteiger charge is 2.27. The lowest BCUT2D eigenvalue weighted by molar-refractivity contribution is -0.118. The molecule has 30 heavy (non-hydrogen) atoms. The molecule has 2 aromatic carbocycles. The molecule has 1 aromatic heterocycles. The van der Waals surface area contributed by atoms with Crippen LogP contribution in [-0.4, -0.2) is 23.5 Å². The summed E-state index contributed by atoms with van der Waals surface area (Å²) in [6, 6.07) is 18.0. The Kier molecular flexibility index (Phi) is 5.89. The molecule has 1 aliphatic rings. The Hall–Kier alpha value is -3.87. The minimum atomic E-state index is -0.325. The van der Waals surface area contributed by atoms with Crippen molar-refractivity contribution in [2.24, 2.45) is 0 Å². The second-order valence-electron chi connectivity index (χ2n) is 6.96. The fourth-order valence-electron chi connectivity index (χ4n) is 3.38. The smallest absolute Gasteiger partial charge is 0.319 e. The van der Waals surface area contributed by atoms with E-state index in [1.165, 1.54) is 0 Å². The Bertz CT molecular complexity index is 1040. The Labute approximate surface area is 174 Å². The first-order chi connectivity index (χ1) is 14.7. The number of carbonyl (C=O) groups excluding carboxylic acids is 2. The van der Waals surface area contributed by atoms with E-state index in [9.17, 15) is 9.59 Å². The zero-order valence-corrected chi connectivity index (χ0v) is 16.3. The molecule has 0 aliphatic carbocycles. The highest BCUT2D eigenvalue weighted by molar-refractivity contribution is 5.97. The molecule has 7 nitrogen and oxygen atoms in total. The Morgan fingerprint density at radius 2 is 1.73 bits per heavy atom. The first kappa shape index (κ1) is 19.4. The van der Waals surface area contributed by atoms with Gasteiger partial charge in [0.15, 0.2) is 0 Å². The van der Waals surface area contributed by atoms with Crippen LogP contribution in [0.1, 0.15) is 23.5 Å². The highest BCUT2D eigenvalue weighted by atomic mass is 16.5. The maximum Gasteiger partial charge on any atom is 0.319 e. The standard InChI is InChI=1S/C23H22N4O3/c28-22(20-10-13-30-21-7-2-1-6-19(20)21)26-17-4-3-5-18(14-17)27-23(29)25-15-16-8-11-24-12-9-16/h1-9,11-12,14,20H,10,13,15H2,(H,26,28)(H2,25,27,29). The molecule has 7 heteroatoms. The molecule has 3 N–H and O–H groups in total. The summed E-state index contributed by atoms with van der Waals surface area (Å²) in [5.74, 6) is 0.394. The van der Waals surface area contributed by atoms with Crippen LogP contribution in [0.4, 0.5) is 16.2 Å². The number of hydrogen-bond acceptors (Lipinski definition) is 4. The first-order valence-electron chi connectivity index (χ1n) is 9.75. The summed E-state index contributed by atoms with van der Waals surface area (Å²) in [5, 5.41) is 8.53. The van der Waals surface area contributed by atoms with Gasteiger partial charge in [-0.2, -0.15) is 0 Å². The van der Waals surface area contributed by atoms with Crippen molar-refractivity contribution in [2.45, 2.75) is 18.9 Å².